The topological polar surface area (TPSA) is 55.5 Å². The first-order valence-corrected chi connectivity index (χ1v) is 6.65. The summed E-state index contributed by atoms with van der Waals surface area (Å²) in [5.74, 6) is 0.916. The first-order valence-electron chi connectivity index (χ1n) is 6.65. The molecule has 0 saturated heterocycles. The minimum absolute atomic E-state index is 0.0414. The predicted octanol–water partition coefficient (Wildman–Crippen LogP) is 2.31. The molecule has 1 aliphatic rings. The van der Waals surface area contributed by atoms with Gasteiger partial charge in [0.05, 0.1) is 6.61 Å². The van der Waals surface area contributed by atoms with Crippen molar-refractivity contribution in [3.63, 3.8) is 0 Å². The van der Waals surface area contributed by atoms with Gasteiger partial charge >= 0.3 is 0 Å². The Hall–Kier alpha value is -1.06. The Balaban J connectivity index is 2.04. The largest absolute Gasteiger partial charge is 0.490 e. The maximum Gasteiger partial charge on any atom is 0.120 e. The maximum atomic E-state index is 9.34. The Morgan fingerprint density at radius 1 is 1.33 bits per heavy atom. The van der Waals surface area contributed by atoms with E-state index >= 15 is 0 Å². The van der Waals surface area contributed by atoms with Crippen molar-refractivity contribution in [1.82, 2.24) is 0 Å². The summed E-state index contributed by atoms with van der Waals surface area (Å²) in [6, 6.07) is 6.24. The van der Waals surface area contributed by atoms with E-state index in [-0.39, 0.29) is 12.7 Å². The average molecular weight is 249 g/mol. The number of aliphatic hydroxyl groups excluding tert-OH is 1. The lowest BCUT2D eigenvalue weighted by atomic mass is 9.81. The first kappa shape index (κ1) is 13.4. The molecule has 3 N–H and O–H groups in total. The van der Waals surface area contributed by atoms with E-state index in [1.165, 1.54) is 11.1 Å². The second kappa shape index (κ2) is 5.29. The van der Waals surface area contributed by atoms with Gasteiger partial charge in [-0.3, -0.25) is 0 Å². The third kappa shape index (κ3) is 3.24. The lowest BCUT2D eigenvalue weighted by Gasteiger charge is -2.36. The van der Waals surface area contributed by atoms with E-state index in [2.05, 4.69) is 32.0 Å². The summed E-state index contributed by atoms with van der Waals surface area (Å²) in [5, 5.41) is 9.34. The van der Waals surface area contributed by atoms with Crippen molar-refractivity contribution in [1.29, 1.82) is 0 Å². The molecule has 0 aliphatic heterocycles. The van der Waals surface area contributed by atoms with E-state index in [4.69, 9.17) is 10.5 Å². The number of aliphatic hydroxyl groups is 1. The molecule has 0 radical (unpaired) electrons. The molecule has 1 saturated carbocycles. The quantitative estimate of drug-likeness (QED) is 0.864. The molecule has 1 aliphatic carbocycles. The van der Waals surface area contributed by atoms with Gasteiger partial charge in [-0.15, -0.1) is 0 Å². The standard InChI is InChI=1S/C15H23NO2/c1-11-6-12(2)8-14(7-11)18-13-4-3-5-15(16,9-13)10-17/h6-8,13,17H,3-5,9-10,16H2,1-2H3. The van der Waals surface area contributed by atoms with Gasteiger partial charge in [0, 0.05) is 12.0 Å². The number of hydrogen-bond donors (Lipinski definition) is 2. The summed E-state index contributed by atoms with van der Waals surface area (Å²) < 4.78 is 6.02. The van der Waals surface area contributed by atoms with E-state index in [1.807, 2.05) is 0 Å². The molecular weight excluding hydrogens is 226 g/mol. The van der Waals surface area contributed by atoms with Gasteiger partial charge in [0.1, 0.15) is 11.9 Å². The maximum absolute atomic E-state index is 9.34. The van der Waals surface area contributed by atoms with Gasteiger partial charge in [0.2, 0.25) is 0 Å². The highest BCUT2D eigenvalue weighted by atomic mass is 16.5. The van der Waals surface area contributed by atoms with Crippen LogP contribution in [0.4, 0.5) is 0 Å². The molecule has 2 unspecified atom stereocenters. The van der Waals surface area contributed by atoms with Crippen molar-refractivity contribution >= 4 is 0 Å². The Morgan fingerprint density at radius 2 is 2.00 bits per heavy atom. The Kier molecular flexibility index (Phi) is 3.93. The molecule has 0 heterocycles. The van der Waals surface area contributed by atoms with E-state index in [0.29, 0.717) is 0 Å². The zero-order valence-corrected chi connectivity index (χ0v) is 11.3. The Bertz CT molecular complexity index is 399. The zero-order chi connectivity index (χ0) is 13.2. The van der Waals surface area contributed by atoms with Crippen LogP contribution >= 0.6 is 0 Å². The van der Waals surface area contributed by atoms with Gasteiger partial charge in [-0.25, -0.2) is 0 Å². The second-order valence-electron chi connectivity index (χ2n) is 5.68. The number of ether oxygens (including phenoxy) is 1. The van der Waals surface area contributed by atoms with Gasteiger partial charge < -0.3 is 15.6 Å². The lowest BCUT2D eigenvalue weighted by molar-refractivity contribution is 0.0728. The summed E-state index contributed by atoms with van der Waals surface area (Å²) in [6.45, 7) is 4.18. The van der Waals surface area contributed by atoms with E-state index in [1.54, 1.807) is 0 Å². The third-order valence-corrected chi connectivity index (χ3v) is 3.65. The van der Waals surface area contributed by atoms with Crippen LogP contribution in [0.1, 0.15) is 36.8 Å². The molecule has 2 atom stereocenters. The zero-order valence-electron chi connectivity index (χ0n) is 11.3. The number of aryl methyl sites for hydroxylation is 2. The fourth-order valence-electron chi connectivity index (χ4n) is 2.78. The van der Waals surface area contributed by atoms with Gasteiger partial charge in [-0.1, -0.05) is 6.07 Å². The van der Waals surface area contributed by atoms with E-state index in [0.717, 1.165) is 31.4 Å². The van der Waals surface area contributed by atoms with Crippen LogP contribution in [0.5, 0.6) is 5.75 Å². The van der Waals surface area contributed by atoms with Crippen molar-refractivity contribution in [2.75, 3.05) is 6.61 Å². The van der Waals surface area contributed by atoms with Crippen LogP contribution in [-0.2, 0) is 0 Å². The van der Waals surface area contributed by atoms with Crippen LogP contribution in [0.15, 0.2) is 18.2 Å². The average Bonchev–Trinajstić information content (AvgIpc) is 2.27. The Morgan fingerprint density at radius 3 is 2.61 bits per heavy atom. The molecule has 18 heavy (non-hydrogen) atoms. The van der Waals surface area contributed by atoms with Gasteiger partial charge in [0.25, 0.3) is 0 Å². The van der Waals surface area contributed by atoms with Crippen LogP contribution in [-0.4, -0.2) is 23.4 Å². The number of benzene rings is 1. The number of hydrogen-bond acceptors (Lipinski definition) is 3. The molecule has 0 bridgehead atoms. The molecule has 1 aromatic carbocycles. The van der Waals surface area contributed by atoms with Crippen LogP contribution in [0.3, 0.4) is 0 Å². The van der Waals surface area contributed by atoms with Crippen molar-refractivity contribution < 1.29 is 9.84 Å². The molecule has 0 aromatic heterocycles. The summed E-state index contributed by atoms with van der Waals surface area (Å²) in [6.07, 6.45) is 3.78. The molecule has 3 nitrogen and oxygen atoms in total. The molecule has 100 valence electrons. The summed E-state index contributed by atoms with van der Waals surface area (Å²) in [4.78, 5) is 0. The number of nitrogens with two attached hydrogens (primary N) is 1. The molecule has 3 heteroatoms. The van der Waals surface area contributed by atoms with Crippen molar-refractivity contribution in [3.05, 3.63) is 29.3 Å². The monoisotopic (exact) mass is 249 g/mol. The predicted molar refractivity (Wildman–Crippen MR) is 72.8 cm³/mol. The molecule has 1 fully saturated rings. The smallest absolute Gasteiger partial charge is 0.120 e. The fraction of sp³-hybridized carbons (Fsp3) is 0.600. The van der Waals surface area contributed by atoms with Crippen LogP contribution in [0.25, 0.3) is 0 Å². The van der Waals surface area contributed by atoms with Crippen LogP contribution in [0.2, 0.25) is 0 Å². The first-order chi connectivity index (χ1) is 8.50. The third-order valence-electron chi connectivity index (χ3n) is 3.65. The van der Waals surface area contributed by atoms with E-state index < -0.39 is 5.54 Å². The fourth-order valence-corrected chi connectivity index (χ4v) is 2.78. The molecule has 0 amide bonds. The Labute approximate surface area is 109 Å². The SMILES string of the molecule is Cc1cc(C)cc(OC2CCCC(N)(CO)C2)c1. The van der Waals surface area contributed by atoms with E-state index in [9.17, 15) is 5.11 Å². The van der Waals surface area contributed by atoms with Gasteiger partial charge in [0.15, 0.2) is 0 Å². The highest BCUT2D eigenvalue weighted by molar-refractivity contribution is 5.33. The summed E-state index contributed by atoms with van der Waals surface area (Å²) >= 11 is 0. The molecule has 1 aromatic rings. The van der Waals surface area contributed by atoms with Crippen molar-refractivity contribution in [2.45, 2.75) is 51.2 Å². The van der Waals surface area contributed by atoms with Gasteiger partial charge in [-0.05, 0) is 56.4 Å². The molecule has 2 rings (SSSR count). The molecular formula is C15H23NO2. The highest BCUT2D eigenvalue weighted by Gasteiger charge is 2.33. The lowest BCUT2D eigenvalue weighted by Crippen LogP contribution is -2.50. The summed E-state index contributed by atoms with van der Waals surface area (Å²) in [7, 11) is 0. The van der Waals surface area contributed by atoms with Crippen molar-refractivity contribution in [2.24, 2.45) is 5.73 Å². The van der Waals surface area contributed by atoms with Crippen LogP contribution < -0.4 is 10.5 Å². The normalized spacial score (nSPS) is 28.1. The summed E-state index contributed by atoms with van der Waals surface area (Å²) in [5.41, 5.74) is 8.10. The highest BCUT2D eigenvalue weighted by Crippen LogP contribution is 2.29. The van der Waals surface area contributed by atoms with Crippen LogP contribution in [0, 0.1) is 13.8 Å². The van der Waals surface area contributed by atoms with Gasteiger partial charge in [-0.2, -0.15) is 0 Å². The second-order valence-corrected chi connectivity index (χ2v) is 5.68. The number of rotatable bonds is 3. The minimum Gasteiger partial charge on any atom is -0.490 e. The molecule has 0 spiro atoms. The minimum atomic E-state index is -0.457. The van der Waals surface area contributed by atoms with Crippen molar-refractivity contribution in [3.8, 4) is 5.75 Å².